The number of hydrogen-bond donors (Lipinski definition) is 1. The predicted molar refractivity (Wildman–Crippen MR) is 132 cm³/mol. The molecule has 0 radical (unpaired) electrons. The largest absolute Gasteiger partial charge is 0.339 e. The molecular formula is C26H30N4O4S. The van der Waals surface area contributed by atoms with Crippen LogP contribution in [0.4, 0.5) is 5.69 Å². The van der Waals surface area contributed by atoms with Crippen molar-refractivity contribution in [3.8, 4) is 11.4 Å². The number of carbonyl (C=O) groups is 1. The molecule has 2 aliphatic rings. The Morgan fingerprint density at radius 1 is 1.03 bits per heavy atom. The minimum absolute atomic E-state index is 0.103. The minimum atomic E-state index is -3.55. The number of aromatic nitrogens is 2. The van der Waals surface area contributed by atoms with E-state index in [9.17, 15) is 13.2 Å². The molecule has 0 bridgehead atoms. The molecule has 0 atom stereocenters. The van der Waals surface area contributed by atoms with Gasteiger partial charge in [-0.25, -0.2) is 8.42 Å². The number of aryl methyl sites for hydroxylation is 1. The van der Waals surface area contributed by atoms with Crippen molar-refractivity contribution >= 4 is 21.6 Å². The first-order valence-corrected chi connectivity index (χ1v) is 13.7. The van der Waals surface area contributed by atoms with Crippen LogP contribution in [0.25, 0.3) is 11.4 Å². The SMILES string of the molecule is Cc1ccc(S(=O)(=O)N2CCC(C(=O)Nc3cccc(-c4noc(C5CCCC5)n4)c3)CC2)cc1. The number of sulfonamides is 1. The number of nitrogens with one attached hydrogen (secondary N) is 1. The van der Waals surface area contributed by atoms with Crippen LogP contribution in [0.2, 0.25) is 0 Å². The van der Waals surface area contributed by atoms with Crippen LogP contribution in [-0.4, -0.2) is 41.9 Å². The third kappa shape index (κ3) is 5.16. The molecule has 3 aromatic rings. The van der Waals surface area contributed by atoms with Gasteiger partial charge in [0.05, 0.1) is 4.90 Å². The van der Waals surface area contributed by atoms with E-state index in [1.807, 2.05) is 31.2 Å². The van der Waals surface area contributed by atoms with Gasteiger partial charge in [0.25, 0.3) is 0 Å². The van der Waals surface area contributed by atoms with E-state index in [4.69, 9.17) is 4.52 Å². The van der Waals surface area contributed by atoms with Crippen molar-refractivity contribution in [1.29, 1.82) is 0 Å². The molecule has 2 fully saturated rings. The number of benzene rings is 2. The maximum Gasteiger partial charge on any atom is 0.243 e. The zero-order valence-corrected chi connectivity index (χ0v) is 20.6. The first kappa shape index (κ1) is 23.7. The summed E-state index contributed by atoms with van der Waals surface area (Å²) in [7, 11) is -3.55. The Hall–Kier alpha value is -3.04. The third-order valence-corrected chi connectivity index (χ3v) is 8.93. The standard InChI is InChI=1S/C26H30N4O4S/c1-18-9-11-23(12-10-18)35(32,33)30-15-13-19(14-16-30)25(31)27-22-8-4-7-21(17-22)24-28-26(34-29-24)20-5-2-3-6-20/h4,7-12,17,19-20H,2-3,5-6,13-16H2,1H3,(H,27,31). The van der Waals surface area contributed by atoms with E-state index in [1.54, 1.807) is 24.3 Å². The summed E-state index contributed by atoms with van der Waals surface area (Å²) in [5.41, 5.74) is 2.46. The van der Waals surface area contributed by atoms with Crippen molar-refractivity contribution in [1.82, 2.24) is 14.4 Å². The molecule has 8 nitrogen and oxygen atoms in total. The van der Waals surface area contributed by atoms with Gasteiger partial charge in [-0.2, -0.15) is 9.29 Å². The number of piperidine rings is 1. The highest BCUT2D eigenvalue weighted by Crippen LogP contribution is 2.34. The number of anilines is 1. The number of rotatable bonds is 6. The highest BCUT2D eigenvalue weighted by atomic mass is 32.2. The van der Waals surface area contributed by atoms with Gasteiger partial charge in [-0.1, -0.05) is 47.8 Å². The van der Waals surface area contributed by atoms with Crippen LogP contribution >= 0.6 is 0 Å². The topological polar surface area (TPSA) is 105 Å². The molecule has 1 aliphatic carbocycles. The summed E-state index contributed by atoms with van der Waals surface area (Å²) >= 11 is 0. The van der Waals surface area contributed by atoms with E-state index in [1.165, 1.54) is 17.1 Å². The molecule has 2 aromatic carbocycles. The van der Waals surface area contributed by atoms with Crippen LogP contribution in [0.1, 0.15) is 55.9 Å². The van der Waals surface area contributed by atoms with E-state index >= 15 is 0 Å². The zero-order valence-electron chi connectivity index (χ0n) is 19.8. The lowest BCUT2D eigenvalue weighted by Gasteiger charge is -2.30. The molecule has 1 N–H and O–H groups in total. The molecule has 0 unspecified atom stereocenters. The van der Waals surface area contributed by atoms with Crippen LogP contribution in [0, 0.1) is 12.8 Å². The number of carbonyl (C=O) groups excluding carboxylic acids is 1. The van der Waals surface area contributed by atoms with Crippen molar-refractivity contribution in [2.45, 2.75) is 56.3 Å². The molecular weight excluding hydrogens is 464 g/mol. The summed E-state index contributed by atoms with van der Waals surface area (Å²) in [5, 5.41) is 7.12. The lowest BCUT2D eigenvalue weighted by molar-refractivity contribution is -0.120. The number of hydrogen-bond acceptors (Lipinski definition) is 6. The molecule has 1 aliphatic heterocycles. The van der Waals surface area contributed by atoms with E-state index in [-0.39, 0.29) is 11.8 Å². The first-order chi connectivity index (χ1) is 16.9. The number of amides is 1. The molecule has 184 valence electrons. The normalized spacial score (nSPS) is 18.1. The van der Waals surface area contributed by atoms with Gasteiger partial charge in [0, 0.05) is 36.2 Å². The van der Waals surface area contributed by atoms with Gasteiger partial charge < -0.3 is 9.84 Å². The van der Waals surface area contributed by atoms with E-state index in [2.05, 4.69) is 15.5 Å². The minimum Gasteiger partial charge on any atom is -0.339 e. The predicted octanol–water partition coefficient (Wildman–Crippen LogP) is 4.74. The van der Waals surface area contributed by atoms with Gasteiger partial charge in [-0.15, -0.1) is 0 Å². The summed E-state index contributed by atoms with van der Waals surface area (Å²) < 4.78 is 32.8. The average Bonchev–Trinajstić information content (AvgIpc) is 3.57. The fourth-order valence-corrected chi connectivity index (χ4v) is 6.36. The van der Waals surface area contributed by atoms with Crippen molar-refractivity contribution in [2.75, 3.05) is 18.4 Å². The third-order valence-electron chi connectivity index (χ3n) is 7.02. The molecule has 35 heavy (non-hydrogen) atoms. The lowest BCUT2D eigenvalue weighted by atomic mass is 9.97. The quantitative estimate of drug-likeness (QED) is 0.531. The molecule has 1 aromatic heterocycles. The monoisotopic (exact) mass is 494 g/mol. The van der Waals surface area contributed by atoms with E-state index < -0.39 is 10.0 Å². The van der Waals surface area contributed by atoms with Gasteiger partial charge in [0.2, 0.25) is 27.6 Å². The Morgan fingerprint density at radius 2 is 1.74 bits per heavy atom. The smallest absolute Gasteiger partial charge is 0.243 e. The van der Waals surface area contributed by atoms with Crippen molar-refractivity contribution < 1.29 is 17.7 Å². The molecule has 5 rings (SSSR count). The second-order valence-corrected chi connectivity index (χ2v) is 11.4. The fourth-order valence-electron chi connectivity index (χ4n) is 4.89. The Kier molecular flexibility index (Phi) is 6.71. The summed E-state index contributed by atoms with van der Waals surface area (Å²) in [6.45, 7) is 2.56. The summed E-state index contributed by atoms with van der Waals surface area (Å²) in [6.07, 6.45) is 5.52. The van der Waals surface area contributed by atoms with Gasteiger partial charge in [0.1, 0.15) is 0 Å². The van der Waals surface area contributed by atoms with Gasteiger partial charge in [0.15, 0.2) is 0 Å². The highest BCUT2D eigenvalue weighted by Gasteiger charge is 2.32. The zero-order chi connectivity index (χ0) is 24.4. The molecule has 1 amide bonds. The van der Waals surface area contributed by atoms with E-state index in [0.29, 0.717) is 54.1 Å². The van der Waals surface area contributed by atoms with Crippen LogP contribution < -0.4 is 5.32 Å². The Bertz CT molecular complexity index is 1290. The Balaban J connectivity index is 1.20. The number of nitrogens with zero attached hydrogens (tertiary/aromatic N) is 3. The second-order valence-electron chi connectivity index (χ2n) is 9.50. The Labute approximate surface area is 205 Å². The van der Waals surface area contributed by atoms with E-state index in [0.717, 1.165) is 24.0 Å². The molecule has 0 spiro atoms. The first-order valence-electron chi connectivity index (χ1n) is 12.2. The van der Waals surface area contributed by atoms with Crippen LogP contribution in [0.15, 0.2) is 57.9 Å². The maximum absolute atomic E-state index is 12.9. The molecule has 9 heteroatoms. The average molecular weight is 495 g/mol. The summed E-state index contributed by atoms with van der Waals surface area (Å²) in [6, 6.07) is 14.3. The van der Waals surface area contributed by atoms with Gasteiger partial charge in [-0.3, -0.25) is 4.79 Å². The molecule has 2 heterocycles. The van der Waals surface area contributed by atoms with Gasteiger partial charge >= 0.3 is 0 Å². The lowest BCUT2D eigenvalue weighted by Crippen LogP contribution is -2.41. The van der Waals surface area contributed by atoms with Crippen LogP contribution in [0.5, 0.6) is 0 Å². The second kappa shape index (κ2) is 9.91. The van der Waals surface area contributed by atoms with Crippen molar-refractivity contribution in [3.05, 3.63) is 60.0 Å². The maximum atomic E-state index is 12.9. The summed E-state index contributed by atoms with van der Waals surface area (Å²) in [4.78, 5) is 17.8. The molecule has 1 saturated carbocycles. The van der Waals surface area contributed by atoms with Gasteiger partial charge in [-0.05, 0) is 56.9 Å². The van der Waals surface area contributed by atoms with Crippen molar-refractivity contribution in [2.24, 2.45) is 5.92 Å². The van der Waals surface area contributed by atoms with Crippen molar-refractivity contribution in [3.63, 3.8) is 0 Å². The molecule has 1 saturated heterocycles. The Morgan fingerprint density at radius 3 is 2.46 bits per heavy atom. The summed E-state index contributed by atoms with van der Waals surface area (Å²) in [5.74, 6) is 1.22. The van der Waals surface area contributed by atoms with Crippen LogP contribution in [0.3, 0.4) is 0 Å². The highest BCUT2D eigenvalue weighted by molar-refractivity contribution is 7.89. The fraction of sp³-hybridized carbons (Fsp3) is 0.423. The van der Waals surface area contributed by atoms with Crippen LogP contribution in [-0.2, 0) is 14.8 Å².